The van der Waals surface area contributed by atoms with E-state index >= 15 is 0 Å². The Morgan fingerprint density at radius 3 is 2.30 bits per heavy atom. The van der Waals surface area contributed by atoms with E-state index in [1.165, 1.54) is 11.8 Å². The average molecular weight is 393 g/mol. The van der Waals surface area contributed by atoms with E-state index in [0.29, 0.717) is 6.54 Å². The Labute approximate surface area is 164 Å². The standard InChI is InChI=1S/C20H28N2O4S/c1-15-5-7-16(8-6-15)22-18(24)13-27-12-17(23)21-14-20(11-19(25)26)9-3-2-4-10-20/h5-8H,2-4,9-14H2,1H3,(H,21,23)(H,22,24)(H,25,26). The number of aliphatic carboxylic acids is 1. The lowest BCUT2D eigenvalue weighted by molar-refractivity contribution is -0.140. The van der Waals surface area contributed by atoms with Crippen LogP contribution >= 0.6 is 11.8 Å². The summed E-state index contributed by atoms with van der Waals surface area (Å²) in [6.07, 6.45) is 4.92. The normalized spacial score (nSPS) is 15.7. The summed E-state index contributed by atoms with van der Waals surface area (Å²) < 4.78 is 0. The third-order valence-corrected chi connectivity index (χ3v) is 5.84. The number of carbonyl (C=O) groups excluding carboxylic acids is 2. The molecule has 0 aliphatic heterocycles. The molecule has 0 radical (unpaired) electrons. The van der Waals surface area contributed by atoms with Crippen LogP contribution in [0.3, 0.4) is 0 Å². The monoisotopic (exact) mass is 392 g/mol. The first-order chi connectivity index (χ1) is 12.9. The summed E-state index contributed by atoms with van der Waals surface area (Å²) in [7, 11) is 0. The van der Waals surface area contributed by atoms with Crippen molar-refractivity contribution < 1.29 is 19.5 Å². The highest BCUT2D eigenvalue weighted by Gasteiger charge is 2.34. The van der Waals surface area contributed by atoms with Gasteiger partial charge in [-0.1, -0.05) is 37.0 Å². The molecule has 0 saturated heterocycles. The lowest BCUT2D eigenvalue weighted by Crippen LogP contribution is -2.41. The van der Waals surface area contributed by atoms with Gasteiger partial charge in [0.05, 0.1) is 17.9 Å². The summed E-state index contributed by atoms with van der Waals surface area (Å²) in [6.45, 7) is 2.38. The first-order valence-corrected chi connectivity index (χ1v) is 10.5. The fourth-order valence-corrected chi connectivity index (χ4v) is 4.09. The van der Waals surface area contributed by atoms with Crippen LogP contribution in [0.5, 0.6) is 0 Å². The predicted octanol–water partition coefficient (Wildman–Crippen LogP) is 3.21. The van der Waals surface area contributed by atoms with Gasteiger partial charge in [-0.2, -0.15) is 0 Å². The van der Waals surface area contributed by atoms with Gasteiger partial charge in [-0.05, 0) is 37.3 Å². The summed E-state index contributed by atoms with van der Waals surface area (Å²) >= 11 is 1.25. The van der Waals surface area contributed by atoms with Crippen LogP contribution in [0.2, 0.25) is 0 Å². The van der Waals surface area contributed by atoms with Crippen LogP contribution in [-0.2, 0) is 14.4 Å². The number of anilines is 1. The number of carbonyl (C=O) groups is 3. The zero-order chi connectivity index (χ0) is 19.7. The van der Waals surface area contributed by atoms with Crippen LogP contribution in [-0.4, -0.2) is 40.9 Å². The smallest absolute Gasteiger partial charge is 0.303 e. The summed E-state index contributed by atoms with van der Waals surface area (Å²) in [4.78, 5) is 35.2. The Kier molecular flexibility index (Phi) is 8.16. The molecule has 2 rings (SSSR count). The molecule has 1 aromatic rings. The van der Waals surface area contributed by atoms with E-state index < -0.39 is 5.97 Å². The number of thioether (sulfide) groups is 1. The molecule has 148 valence electrons. The number of nitrogens with one attached hydrogen (secondary N) is 2. The van der Waals surface area contributed by atoms with Gasteiger partial charge in [0, 0.05) is 12.2 Å². The third kappa shape index (κ3) is 7.62. The summed E-state index contributed by atoms with van der Waals surface area (Å²) in [6, 6.07) is 7.54. The molecule has 1 aliphatic rings. The molecule has 0 unspecified atom stereocenters. The zero-order valence-corrected chi connectivity index (χ0v) is 16.6. The van der Waals surface area contributed by atoms with E-state index in [9.17, 15) is 19.5 Å². The molecule has 6 nitrogen and oxygen atoms in total. The maximum Gasteiger partial charge on any atom is 0.303 e. The zero-order valence-electron chi connectivity index (χ0n) is 15.8. The third-order valence-electron chi connectivity index (χ3n) is 4.90. The largest absolute Gasteiger partial charge is 0.481 e. The van der Waals surface area contributed by atoms with Crippen LogP contribution in [0.15, 0.2) is 24.3 Å². The Morgan fingerprint density at radius 1 is 1.04 bits per heavy atom. The minimum Gasteiger partial charge on any atom is -0.481 e. The molecule has 0 atom stereocenters. The van der Waals surface area contributed by atoms with Crippen molar-refractivity contribution in [2.24, 2.45) is 5.41 Å². The van der Waals surface area contributed by atoms with Crippen molar-refractivity contribution in [1.29, 1.82) is 0 Å². The van der Waals surface area contributed by atoms with Crippen molar-refractivity contribution in [3.8, 4) is 0 Å². The Morgan fingerprint density at radius 2 is 1.67 bits per heavy atom. The summed E-state index contributed by atoms with van der Waals surface area (Å²) in [5.41, 5.74) is 1.54. The molecule has 0 bridgehead atoms. The molecule has 1 saturated carbocycles. The fraction of sp³-hybridized carbons (Fsp3) is 0.550. The highest BCUT2D eigenvalue weighted by molar-refractivity contribution is 8.00. The van der Waals surface area contributed by atoms with Gasteiger partial charge in [0.15, 0.2) is 0 Å². The van der Waals surface area contributed by atoms with Gasteiger partial charge in [0.25, 0.3) is 0 Å². The predicted molar refractivity (Wildman–Crippen MR) is 108 cm³/mol. The van der Waals surface area contributed by atoms with Crippen molar-refractivity contribution in [3.05, 3.63) is 29.8 Å². The van der Waals surface area contributed by atoms with Crippen molar-refractivity contribution in [2.75, 3.05) is 23.4 Å². The number of rotatable bonds is 9. The van der Waals surface area contributed by atoms with Crippen molar-refractivity contribution in [3.63, 3.8) is 0 Å². The molecule has 27 heavy (non-hydrogen) atoms. The van der Waals surface area contributed by atoms with E-state index in [0.717, 1.165) is 43.4 Å². The molecular formula is C20H28N2O4S. The van der Waals surface area contributed by atoms with E-state index in [1.54, 1.807) is 0 Å². The number of aryl methyl sites for hydroxylation is 1. The van der Waals surface area contributed by atoms with Gasteiger partial charge in [-0.3, -0.25) is 14.4 Å². The van der Waals surface area contributed by atoms with Crippen LogP contribution in [0.4, 0.5) is 5.69 Å². The first kappa shape index (κ1) is 21.3. The summed E-state index contributed by atoms with van der Waals surface area (Å²) in [5.74, 6) is -0.732. The van der Waals surface area contributed by atoms with Crippen molar-refractivity contribution in [2.45, 2.75) is 45.4 Å². The van der Waals surface area contributed by atoms with Gasteiger partial charge in [-0.25, -0.2) is 0 Å². The SMILES string of the molecule is Cc1ccc(NC(=O)CSCC(=O)NCC2(CC(=O)O)CCCCC2)cc1. The topological polar surface area (TPSA) is 95.5 Å². The van der Waals surface area contributed by atoms with E-state index in [4.69, 9.17) is 0 Å². The number of hydrogen-bond acceptors (Lipinski definition) is 4. The molecule has 3 N–H and O–H groups in total. The van der Waals surface area contributed by atoms with Gasteiger partial charge >= 0.3 is 5.97 Å². The minimum absolute atomic E-state index is 0.0966. The number of hydrogen-bond donors (Lipinski definition) is 3. The quantitative estimate of drug-likeness (QED) is 0.600. The van der Waals surface area contributed by atoms with Gasteiger partial charge in [-0.15, -0.1) is 11.8 Å². The Bertz CT molecular complexity index is 654. The molecular weight excluding hydrogens is 364 g/mol. The maximum absolute atomic E-state index is 12.1. The second-order valence-corrected chi connectivity index (χ2v) is 8.30. The van der Waals surface area contributed by atoms with E-state index in [-0.39, 0.29) is 35.2 Å². The summed E-state index contributed by atoms with van der Waals surface area (Å²) in [5, 5.41) is 14.8. The minimum atomic E-state index is -0.812. The molecule has 0 spiro atoms. The van der Waals surface area contributed by atoms with Crippen LogP contribution in [0, 0.1) is 12.3 Å². The first-order valence-electron chi connectivity index (χ1n) is 9.31. The number of benzene rings is 1. The molecule has 1 aliphatic carbocycles. The average Bonchev–Trinajstić information content (AvgIpc) is 2.62. The van der Waals surface area contributed by atoms with Gasteiger partial charge in [0.2, 0.25) is 11.8 Å². The molecule has 1 fully saturated rings. The van der Waals surface area contributed by atoms with E-state index in [2.05, 4.69) is 10.6 Å². The number of carboxylic acids is 1. The van der Waals surface area contributed by atoms with Crippen LogP contribution < -0.4 is 10.6 Å². The molecule has 1 aromatic carbocycles. The van der Waals surface area contributed by atoms with Crippen LogP contribution in [0.1, 0.15) is 44.1 Å². The number of amides is 2. The number of carboxylic acid groups (broad SMARTS) is 1. The molecule has 0 heterocycles. The fourth-order valence-electron chi connectivity index (χ4n) is 3.45. The second-order valence-electron chi connectivity index (χ2n) is 7.31. The van der Waals surface area contributed by atoms with Crippen molar-refractivity contribution in [1.82, 2.24) is 5.32 Å². The van der Waals surface area contributed by atoms with Gasteiger partial charge in [0.1, 0.15) is 0 Å². The van der Waals surface area contributed by atoms with Crippen LogP contribution in [0.25, 0.3) is 0 Å². The Balaban J connectivity index is 1.69. The lowest BCUT2D eigenvalue weighted by atomic mass is 9.71. The maximum atomic E-state index is 12.1. The second kappa shape index (κ2) is 10.3. The highest BCUT2D eigenvalue weighted by Crippen LogP contribution is 2.38. The molecule has 2 amide bonds. The molecule has 0 aromatic heterocycles. The lowest BCUT2D eigenvalue weighted by Gasteiger charge is -2.36. The highest BCUT2D eigenvalue weighted by atomic mass is 32.2. The van der Waals surface area contributed by atoms with Crippen molar-refractivity contribution >= 4 is 35.2 Å². The van der Waals surface area contributed by atoms with E-state index in [1.807, 2.05) is 31.2 Å². The van der Waals surface area contributed by atoms with Gasteiger partial charge < -0.3 is 15.7 Å². The Hall–Kier alpha value is -2.02. The molecule has 7 heteroatoms.